The molecule has 1 heterocycles. The fourth-order valence-electron chi connectivity index (χ4n) is 1.39. The number of aryl methyl sites for hydroxylation is 2. The Kier molecular flexibility index (Phi) is 3.24. The lowest BCUT2D eigenvalue weighted by Gasteiger charge is -2.08. The van der Waals surface area contributed by atoms with Crippen LogP contribution in [0, 0.1) is 19.7 Å². The molecule has 2 aromatic rings. The number of rotatable bonds is 2. The molecule has 0 aliphatic rings. The number of nitrogens with zero attached hydrogens (tertiary/aromatic N) is 2. The summed E-state index contributed by atoms with van der Waals surface area (Å²) in [6.07, 6.45) is 1.04. The van der Waals surface area contributed by atoms with Crippen molar-refractivity contribution in [1.29, 1.82) is 0 Å². The summed E-state index contributed by atoms with van der Waals surface area (Å²) >= 11 is 5.61. The second-order valence-electron chi connectivity index (χ2n) is 3.76. The van der Waals surface area contributed by atoms with Crippen LogP contribution >= 0.6 is 11.6 Å². The summed E-state index contributed by atoms with van der Waals surface area (Å²) in [4.78, 5) is 7.34. The summed E-state index contributed by atoms with van der Waals surface area (Å²) in [7, 11) is 0. The molecule has 0 spiro atoms. The molecular formula is C12H11ClFN3. The highest BCUT2D eigenvalue weighted by Gasteiger charge is 2.06. The van der Waals surface area contributed by atoms with Gasteiger partial charge in [0.2, 0.25) is 5.28 Å². The maximum Gasteiger partial charge on any atom is 0.224 e. The van der Waals surface area contributed by atoms with Crippen LogP contribution in [0.4, 0.5) is 15.9 Å². The summed E-state index contributed by atoms with van der Waals surface area (Å²) < 4.78 is 13.4. The highest BCUT2D eigenvalue weighted by Crippen LogP contribution is 2.20. The molecule has 1 aromatic carbocycles. The molecule has 17 heavy (non-hydrogen) atoms. The van der Waals surface area contributed by atoms with E-state index in [-0.39, 0.29) is 11.1 Å². The lowest BCUT2D eigenvalue weighted by Crippen LogP contribution is -1.99. The molecule has 0 saturated carbocycles. The van der Waals surface area contributed by atoms with E-state index in [1.807, 2.05) is 32.0 Å². The molecule has 0 amide bonds. The number of halogens is 2. The zero-order chi connectivity index (χ0) is 12.4. The average Bonchev–Trinajstić information content (AvgIpc) is 2.29. The van der Waals surface area contributed by atoms with Gasteiger partial charge in [0.05, 0.1) is 6.20 Å². The largest absolute Gasteiger partial charge is 0.338 e. The Morgan fingerprint density at radius 3 is 2.71 bits per heavy atom. The zero-order valence-electron chi connectivity index (χ0n) is 9.46. The molecular weight excluding hydrogens is 241 g/mol. The SMILES string of the molecule is Cc1ccc(Nc2nc(Cl)ncc2F)cc1C. The molecule has 2 rings (SSSR count). The number of anilines is 2. The smallest absolute Gasteiger partial charge is 0.224 e. The van der Waals surface area contributed by atoms with Crippen molar-refractivity contribution in [2.45, 2.75) is 13.8 Å². The van der Waals surface area contributed by atoms with Gasteiger partial charge in [0.1, 0.15) is 0 Å². The highest BCUT2D eigenvalue weighted by atomic mass is 35.5. The topological polar surface area (TPSA) is 37.8 Å². The number of benzene rings is 1. The van der Waals surface area contributed by atoms with Crippen LogP contribution in [-0.4, -0.2) is 9.97 Å². The molecule has 5 heteroatoms. The molecule has 0 aliphatic carbocycles. The van der Waals surface area contributed by atoms with Gasteiger partial charge < -0.3 is 5.32 Å². The first kappa shape index (κ1) is 11.8. The van der Waals surface area contributed by atoms with E-state index in [2.05, 4.69) is 15.3 Å². The Morgan fingerprint density at radius 2 is 2.00 bits per heavy atom. The van der Waals surface area contributed by atoms with E-state index in [9.17, 15) is 4.39 Å². The molecule has 0 atom stereocenters. The van der Waals surface area contributed by atoms with Crippen molar-refractivity contribution in [3.05, 3.63) is 46.6 Å². The van der Waals surface area contributed by atoms with Gasteiger partial charge in [0, 0.05) is 5.69 Å². The van der Waals surface area contributed by atoms with Crippen molar-refractivity contribution in [3.63, 3.8) is 0 Å². The number of aromatic nitrogens is 2. The van der Waals surface area contributed by atoms with E-state index >= 15 is 0 Å². The normalized spacial score (nSPS) is 10.4. The van der Waals surface area contributed by atoms with Gasteiger partial charge in [-0.2, -0.15) is 4.98 Å². The molecule has 0 saturated heterocycles. The van der Waals surface area contributed by atoms with Crippen molar-refractivity contribution < 1.29 is 4.39 Å². The van der Waals surface area contributed by atoms with Gasteiger partial charge in [0.15, 0.2) is 11.6 Å². The van der Waals surface area contributed by atoms with Crippen LogP contribution in [0.2, 0.25) is 5.28 Å². The van der Waals surface area contributed by atoms with Crippen LogP contribution in [0.3, 0.4) is 0 Å². The van der Waals surface area contributed by atoms with Crippen LogP contribution in [0.1, 0.15) is 11.1 Å². The first-order valence-electron chi connectivity index (χ1n) is 5.08. The predicted octanol–water partition coefficient (Wildman–Crippen LogP) is 3.63. The summed E-state index contributed by atoms with van der Waals surface area (Å²) in [6.45, 7) is 4.01. The van der Waals surface area contributed by atoms with E-state index < -0.39 is 5.82 Å². The van der Waals surface area contributed by atoms with E-state index in [1.165, 1.54) is 5.56 Å². The Morgan fingerprint density at radius 1 is 1.24 bits per heavy atom. The van der Waals surface area contributed by atoms with Crippen molar-refractivity contribution in [3.8, 4) is 0 Å². The Balaban J connectivity index is 2.31. The molecule has 1 aromatic heterocycles. The Labute approximate surface area is 104 Å². The predicted molar refractivity (Wildman–Crippen MR) is 66.2 cm³/mol. The third kappa shape index (κ3) is 2.71. The number of hydrogen-bond donors (Lipinski definition) is 1. The van der Waals surface area contributed by atoms with Crippen molar-refractivity contribution in [1.82, 2.24) is 9.97 Å². The Bertz CT molecular complexity index is 557. The van der Waals surface area contributed by atoms with Gasteiger partial charge in [-0.15, -0.1) is 0 Å². The molecule has 1 N–H and O–H groups in total. The summed E-state index contributed by atoms with van der Waals surface area (Å²) in [5.74, 6) is -0.458. The number of nitrogens with one attached hydrogen (secondary N) is 1. The van der Waals surface area contributed by atoms with Crippen LogP contribution in [0.5, 0.6) is 0 Å². The van der Waals surface area contributed by atoms with Crippen LogP contribution in [0.25, 0.3) is 0 Å². The minimum absolute atomic E-state index is 0.0118. The molecule has 88 valence electrons. The minimum atomic E-state index is -0.535. The number of hydrogen-bond acceptors (Lipinski definition) is 3. The molecule has 0 unspecified atom stereocenters. The van der Waals surface area contributed by atoms with Crippen molar-refractivity contribution >= 4 is 23.1 Å². The monoisotopic (exact) mass is 251 g/mol. The highest BCUT2D eigenvalue weighted by molar-refractivity contribution is 6.28. The molecule has 0 fully saturated rings. The minimum Gasteiger partial charge on any atom is -0.338 e. The quantitative estimate of drug-likeness (QED) is 0.829. The van der Waals surface area contributed by atoms with Crippen LogP contribution < -0.4 is 5.32 Å². The van der Waals surface area contributed by atoms with Gasteiger partial charge in [-0.1, -0.05) is 6.07 Å². The first-order chi connectivity index (χ1) is 8.06. The third-order valence-electron chi connectivity index (χ3n) is 2.48. The molecule has 0 aliphatic heterocycles. The van der Waals surface area contributed by atoms with Gasteiger partial charge in [-0.05, 0) is 48.7 Å². The maximum atomic E-state index is 13.4. The summed E-state index contributed by atoms with van der Waals surface area (Å²) in [5.41, 5.74) is 3.06. The lowest BCUT2D eigenvalue weighted by molar-refractivity contribution is 0.619. The Hall–Kier alpha value is -1.68. The molecule has 0 bridgehead atoms. The fraction of sp³-hybridized carbons (Fsp3) is 0.167. The second-order valence-corrected chi connectivity index (χ2v) is 4.10. The van der Waals surface area contributed by atoms with E-state index in [0.29, 0.717) is 0 Å². The van der Waals surface area contributed by atoms with Crippen LogP contribution in [0.15, 0.2) is 24.4 Å². The van der Waals surface area contributed by atoms with E-state index in [1.54, 1.807) is 0 Å². The zero-order valence-corrected chi connectivity index (χ0v) is 10.2. The van der Waals surface area contributed by atoms with Crippen LogP contribution in [-0.2, 0) is 0 Å². The van der Waals surface area contributed by atoms with E-state index in [0.717, 1.165) is 17.4 Å². The first-order valence-corrected chi connectivity index (χ1v) is 5.46. The molecule has 3 nitrogen and oxygen atoms in total. The van der Waals surface area contributed by atoms with Gasteiger partial charge in [0.25, 0.3) is 0 Å². The molecule has 0 radical (unpaired) electrons. The van der Waals surface area contributed by atoms with E-state index in [4.69, 9.17) is 11.6 Å². The van der Waals surface area contributed by atoms with Gasteiger partial charge >= 0.3 is 0 Å². The van der Waals surface area contributed by atoms with Gasteiger partial charge in [-0.25, -0.2) is 9.37 Å². The fourth-order valence-corrected chi connectivity index (χ4v) is 1.52. The van der Waals surface area contributed by atoms with Gasteiger partial charge in [-0.3, -0.25) is 0 Å². The lowest BCUT2D eigenvalue weighted by atomic mass is 10.1. The second kappa shape index (κ2) is 4.67. The van der Waals surface area contributed by atoms with Crippen molar-refractivity contribution in [2.75, 3.05) is 5.32 Å². The summed E-state index contributed by atoms with van der Waals surface area (Å²) in [5, 5.41) is 2.88. The average molecular weight is 252 g/mol. The standard InChI is InChI=1S/C12H11ClFN3/c1-7-3-4-9(5-8(7)2)16-11-10(14)6-15-12(13)17-11/h3-6H,1-2H3,(H,15,16,17). The van der Waals surface area contributed by atoms with Crippen molar-refractivity contribution in [2.24, 2.45) is 0 Å². The third-order valence-corrected chi connectivity index (χ3v) is 2.67. The summed E-state index contributed by atoms with van der Waals surface area (Å²) in [6, 6.07) is 5.74. The maximum absolute atomic E-state index is 13.4.